The van der Waals surface area contributed by atoms with Gasteiger partial charge < -0.3 is 10.1 Å². The van der Waals surface area contributed by atoms with E-state index in [9.17, 15) is 14.0 Å². The fourth-order valence-electron chi connectivity index (χ4n) is 1.59. The highest BCUT2D eigenvalue weighted by molar-refractivity contribution is 8.27. The molecule has 1 aromatic carbocycles. The molecule has 0 atom stereocenters. The van der Waals surface area contributed by atoms with E-state index in [4.69, 9.17) is 4.74 Å². The molecule has 1 N–H and O–H groups in total. The van der Waals surface area contributed by atoms with Crippen LogP contribution >= 0.6 is 23.5 Å². The molecule has 1 amide bonds. The van der Waals surface area contributed by atoms with Gasteiger partial charge in [0.05, 0.1) is 10.3 Å². The number of rotatable bonds is 4. The third-order valence-electron chi connectivity index (χ3n) is 2.49. The van der Waals surface area contributed by atoms with Gasteiger partial charge in [0.1, 0.15) is 11.4 Å². The number of hydrogen-bond donors (Lipinski definition) is 1. The second-order valence-corrected chi connectivity index (χ2v) is 6.68. The predicted octanol–water partition coefficient (Wildman–Crippen LogP) is 3.88. The number of anilines is 1. The topological polar surface area (TPSA) is 55.4 Å². The molecule has 0 spiro atoms. The summed E-state index contributed by atoms with van der Waals surface area (Å²) in [6.07, 6.45) is -0.328. The van der Waals surface area contributed by atoms with Crippen LogP contribution < -0.4 is 5.32 Å². The predicted molar refractivity (Wildman–Crippen MR) is 87.6 cm³/mol. The van der Waals surface area contributed by atoms with E-state index in [1.807, 2.05) is 0 Å². The van der Waals surface area contributed by atoms with Gasteiger partial charge in [0.2, 0.25) is 0 Å². The third-order valence-corrected chi connectivity index (χ3v) is 4.62. The smallest absolute Gasteiger partial charge is 0.345 e. The van der Waals surface area contributed by atoms with Crippen LogP contribution in [0.5, 0.6) is 0 Å². The van der Waals surface area contributed by atoms with E-state index in [0.29, 0.717) is 9.92 Å². The van der Waals surface area contributed by atoms with Crippen molar-refractivity contribution in [1.29, 1.82) is 0 Å². The second-order valence-electron chi connectivity index (χ2n) is 4.59. The van der Waals surface area contributed by atoms with Gasteiger partial charge in [0.15, 0.2) is 0 Å². The molecule has 7 heteroatoms. The summed E-state index contributed by atoms with van der Waals surface area (Å²) in [6, 6.07) is 5.32. The number of hydrogen-bond acceptors (Lipinski definition) is 5. The van der Waals surface area contributed by atoms with Crippen molar-refractivity contribution >= 4 is 41.1 Å². The van der Waals surface area contributed by atoms with Gasteiger partial charge in [0, 0.05) is 5.69 Å². The first-order valence-corrected chi connectivity index (χ1v) is 8.24. The highest BCUT2D eigenvalue weighted by Gasteiger charge is 2.27. The van der Waals surface area contributed by atoms with Gasteiger partial charge in [-0.1, -0.05) is 23.5 Å². The first-order valence-electron chi connectivity index (χ1n) is 6.48. The molecule has 22 heavy (non-hydrogen) atoms. The molecule has 1 aliphatic rings. The first-order chi connectivity index (χ1) is 10.5. The van der Waals surface area contributed by atoms with Gasteiger partial charge in [-0.05, 0) is 48.9 Å². The second kappa shape index (κ2) is 7.51. The molecular formula is C15H14FNO3S2. The molecule has 1 aliphatic heterocycles. The highest BCUT2D eigenvalue weighted by Crippen LogP contribution is 2.40. The maximum Gasteiger partial charge on any atom is 0.345 e. The Kier molecular flexibility index (Phi) is 5.68. The Morgan fingerprint density at radius 2 is 1.73 bits per heavy atom. The van der Waals surface area contributed by atoms with E-state index in [2.05, 4.69) is 5.32 Å². The Morgan fingerprint density at radius 1 is 1.14 bits per heavy atom. The van der Waals surface area contributed by atoms with Crippen LogP contribution in [0, 0.1) is 5.82 Å². The molecule has 0 saturated carbocycles. The minimum Gasteiger partial charge on any atom is -0.459 e. The number of ether oxygens (including phenoxy) is 1. The van der Waals surface area contributed by atoms with Gasteiger partial charge in [-0.25, -0.2) is 9.18 Å². The molecule has 116 valence electrons. The molecule has 0 saturated heterocycles. The van der Waals surface area contributed by atoms with Gasteiger partial charge >= 0.3 is 5.97 Å². The fraction of sp³-hybridized carbons (Fsp3) is 0.200. The summed E-state index contributed by atoms with van der Waals surface area (Å²) in [5.41, 5.74) is 0.362. The van der Waals surface area contributed by atoms with Crippen molar-refractivity contribution in [3.05, 3.63) is 50.7 Å². The van der Waals surface area contributed by atoms with Gasteiger partial charge in [-0.15, -0.1) is 0 Å². The van der Waals surface area contributed by atoms with E-state index >= 15 is 0 Å². The lowest BCUT2D eigenvalue weighted by molar-refractivity contribution is -0.143. The minimum absolute atomic E-state index is 0.0435. The zero-order valence-electron chi connectivity index (χ0n) is 12.0. The van der Waals surface area contributed by atoms with Crippen LogP contribution in [0.2, 0.25) is 0 Å². The summed E-state index contributed by atoms with van der Waals surface area (Å²) in [4.78, 5) is 24.6. The Balaban J connectivity index is 2.21. The number of halogens is 1. The molecule has 0 unspecified atom stereocenters. The Bertz CT molecular complexity index is 629. The van der Waals surface area contributed by atoms with Crippen LogP contribution in [0.25, 0.3) is 0 Å². The number of thioether (sulfide) groups is 2. The minimum atomic E-state index is -0.673. The lowest BCUT2D eigenvalue weighted by atomic mass is 10.2. The zero-order chi connectivity index (χ0) is 16.1. The van der Waals surface area contributed by atoms with Crippen LogP contribution in [0.3, 0.4) is 0 Å². The molecule has 0 bridgehead atoms. The van der Waals surface area contributed by atoms with Crippen LogP contribution in [-0.2, 0) is 14.3 Å². The average Bonchev–Trinajstić information content (AvgIpc) is 2.94. The Hall–Kier alpha value is -1.73. The van der Waals surface area contributed by atoms with Crippen molar-refractivity contribution < 1.29 is 18.7 Å². The molecule has 1 heterocycles. The van der Waals surface area contributed by atoms with Crippen molar-refractivity contribution in [3.63, 3.8) is 0 Å². The molecule has 0 aromatic heterocycles. The molecule has 0 aliphatic carbocycles. The summed E-state index contributed by atoms with van der Waals surface area (Å²) in [5, 5.41) is 6.15. The molecular weight excluding hydrogens is 325 g/mol. The number of esters is 1. The Labute approximate surface area is 136 Å². The van der Waals surface area contributed by atoms with E-state index < -0.39 is 17.7 Å². The third kappa shape index (κ3) is 4.38. The summed E-state index contributed by atoms with van der Waals surface area (Å²) in [5.74, 6) is -1.65. The molecule has 1 aromatic rings. The van der Waals surface area contributed by atoms with Crippen molar-refractivity contribution in [2.45, 2.75) is 20.0 Å². The van der Waals surface area contributed by atoms with Crippen LogP contribution in [0.4, 0.5) is 10.1 Å². The lowest BCUT2D eigenvalue weighted by Crippen LogP contribution is -2.25. The fourth-order valence-corrected chi connectivity index (χ4v) is 3.43. The SMILES string of the molecule is CC(C)OC(=O)C(C(=O)Nc1ccc(F)cc1)=C1SC=CS1. The van der Waals surface area contributed by atoms with Crippen LogP contribution in [0.1, 0.15) is 13.8 Å². The maximum absolute atomic E-state index is 12.9. The van der Waals surface area contributed by atoms with Gasteiger partial charge in [-0.3, -0.25) is 4.79 Å². The largest absolute Gasteiger partial charge is 0.459 e. The monoisotopic (exact) mass is 339 g/mol. The highest BCUT2D eigenvalue weighted by atomic mass is 32.2. The average molecular weight is 339 g/mol. The van der Waals surface area contributed by atoms with Gasteiger partial charge in [0.25, 0.3) is 5.91 Å². The first kappa shape index (κ1) is 16.6. The number of carbonyl (C=O) groups is 2. The quantitative estimate of drug-likeness (QED) is 0.390. The Morgan fingerprint density at radius 3 is 2.27 bits per heavy atom. The summed E-state index contributed by atoms with van der Waals surface area (Å²) in [7, 11) is 0. The number of benzene rings is 1. The molecule has 0 fully saturated rings. The summed E-state index contributed by atoms with van der Waals surface area (Å²) >= 11 is 2.58. The van der Waals surface area contributed by atoms with Crippen LogP contribution in [-0.4, -0.2) is 18.0 Å². The summed E-state index contributed by atoms with van der Waals surface area (Å²) < 4.78 is 18.6. The number of amides is 1. The number of carbonyl (C=O) groups excluding carboxylic acids is 2. The van der Waals surface area contributed by atoms with Crippen molar-refractivity contribution in [2.24, 2.45) is 0 Å². The maximum atomic E-state index is 12.9. The zero-order valence-corrected chi connectivity index (χ0v) is 13.6. The molecule has 2 rings (SSSR count). The standard InChI is InChI=1S/C15H14FNO3S2/c1-9(2)20-14(19)12(15-21-7-8-22-15)13(18)17-11-5-3-10(16)4-6-11/h3-9H,1-2H3,(H,17,18). The van der Waals surface area contributed by atoms with Crippen molar-refractivity contribution in [1.82, 2.24) is 0 Å². The summed E-state index contributed by atoms with van der Waals surface area (Å²) in [6.45, 7) is 3.43. The van der Waals surface area contributed by atoms with Crippen molar-refractivity contribution in [2.75, 3.05) is 5.32 Å². The molecule has 0 radical (unpaired) electrons. The van der Waals surface area contributed by atoms with E-state index in [0.717, 1.165) is 0 Å². The van der Waals surface area contributed by atoms with E-state index in [-0.39, 0.29) is 11.7 Å². The lowest BCUT2D eigenvalue weighted by Gasteiger charge is -2.13. The van der Waals surface area contributed by atoms with Gasteiger partial charge in [-0.2, -0.15) is 0 Å². The van der Waals surface area contributed by atoms with E-state index in [1.54, 1.807) is 24.7 Å². The van der Waals surface area contributed by atoms with Crippen molar-refractivity contribution in [3.8, 4) is 0 Å². The normalized spacial score (nSPS) is 13.4. The van der Waals surface area contributed by atoms with Crippen LogP contribution in [0.15, 0.2) is 44.9 Å². The molecule has 4 nitrogen and oxygen atoms in total. The van der Waals surface area contributed by atoms with E-state index in [1.165, 1.54) is 47.8 Å². The number of nitrogens with one attached hydrogen (secondary N) is 1.